The van der Waals surface area contributed by atoms with Crippen LogP contribution in [0.5, 0.6) is 0 Å². The number of hydroxylamine groups is 2. The van der Waals surface area contributed by atoms with Gasteiger partial charge in [-0.2, -0.15) is 5.06 Å². The van der Waals surface area contributed by atoms with Crippen molar-refractivity contribution < 1.29 is 28.3 Å². The molecule has 1 saturated heterocycles. The fraction of sp³-hybridized carbons (Fsp3) is 0.600. The molecule has 1 aliphatic heterocycles. The number of hydrogen-bond acceptors (Lipinski definition) is 7. The van der Waals surface area contributed by atoms with Crippen LogP contribution in [0.1, 0.15) is 32.1 Å². The zero-order valence-corrected chi connectivity index (χ0v) is 13.0. The summed E-state index contributed by atoms with van der Waals surface area (Å²) < 4.78 is 15.7. The fourth-order valence-corrected chi connectivity index (χ4v) is 2.77. The highest BCUT2D eigenvalue weighted by atomic mass is 16.7. The van der Waals surface area contributed by atoms with Gasteiger partial charge in [0.25, 0.3) is 0 Å². The van der Waals surface area contributed by atoms with Crippen molar-refractivity contribution in [2.24, 2.45) is 5.41 Å². The third kappa shape index (κ3) is 2.74. The molecule has 0 spiro atoms. The highest BCUT2D eigenvalue weighted by molar-refractivity contribution is 6.01. The van der Waals surface area contributed by atoms with Gasteiger partial charge in [-0.25, -0.2) is 0 Å². The molecule has 0 radical (unpaired) electrons. The molecule has 2 rings (SSSR count). The molecule has 0 bridgehead atoms. The van der Waals surface area contributed by atoms with E-state index in [2.05, 4.69) is 0 Å². The molecule has 122 valence electrons. The third-order valence-corrected chi connectivity index (χ3v) is 3.71. The third-order valence-electron chi connectivity index (χ3n) is 3.71. The Morgan fingerprint density at radius 1 is 1.32 bits per heavy atom. The molecule has 1 fully saturated rings. The molecule has 1 aromatic rings. The van der Waals surface area contributed by atoms with Crippen molar-refractivity contribution in [1.82, 2.24) is 5.06 Å². The summed E-state index contributed by atoms with van der Waals surface area (Å²) in [5, 5.41) is 1.45. The molecule has 1 atom stereocenters. The number of carbonyl (C=O) groups excluding carboxylic acids is 2. The van der Waals surface area contributed by atoms with Crippen molar-refractivity contribution in [3.05, 3.63) is 24.2 Å². The van der Waals surface area contributed by atoms with E-state index in [0.29, 0.717) is 5.76 Å². The summed E-state index contributed by atoms with van der Waals surface area (Å²) in [6, 6.07) is 2.65. The predicted octanol–water partition coefficient (Wildman–Crippen LogP) is 1.70. The first-order valence-electron chi connectivity index (χ1n) is 7.31. The Hall–Kier alpha value is -1.86. The van der Waals surface area contributed by atoms with Crippen LogP contribution in [0.25, 0.3) is 0 Å². The number of rotatable bonds is 5. The van der Waals surface area contributed by atoms with Gasteiger partial charge in [-0.3, -0.25) is 14.4 Å². The first-order chi connectivity index (χ1) is 10.6. The van der Waals surface area contributed by atoms with Gasteiger partial charge in [0.05, 0.1) is 26.1 Å². The second kappa shape index (κ2) is 6.93. The quantitative estimate of drug-likeness (QED) is 0.605. The lowest BCUT2D eigenvalue weighted by Crippen LogP contribution is -2.55. The number of nitrogens with zero attached hydrogens (tertiary/aromatic N) is 1. The van der Waals surface area contributed by atoms with Crippen molar-refractivity contribution in [3.63, 3.8) is 0 Å². The predicted molar refractivity (Wildman–Crippen MR) is 75.5 cm³/mol. The lowest BCUT2D eigenvalue weighted by atomic mass is 9.75. The molecule has 22 heavy (non-hydrogen) atoms. The summed E-state index contributed by atoms with van der Waals surface area (Å²) in [6.45, 7) is 3.96. The van der Waals surface area contributed by atoms with Gasteiger partial charge < -0.3 is 13.9 Å². The summed E-state index contributed by atoms with van der Waals surface area (Å²) in [4.78, 5) is 30.8. The van der Waals surface area contributed by atoms with E-state index in [1.165, 1.54) is 11.3 Å². The fourth-order valence-electron chi connectivity index (χ4n) is 2.77. The summed E-state index contributed by atoms with van der Waals surface area (Å²) in [7, 11) is 1.65. The monoisotopic (exact) mass is 311 g/mol. The lowest BCUT2D eigenvalue weighted by Gasteiger charge is -2.42. The molecule has 7 nitrogen and oxygen atoms in total. The van der Waals surface area contributed by atoms with E-state index in [-0.39, 0.29) is 26.2 Å². The maximum Gasteiger partial charge on any atom is 0.325 e. The van der Waals surface area contributed by atoms with E-state index >= 15 is 0 Å². The normalized spacial score (nSPS) is 21.3. The largest absolute Gasteiger partial charge is 0.468 e. The SMILES string of the molecule is CCOC(=O)C1(C(=O)OCC)CCON(C)C1c1ccco1. The van der Waals surface area contributed by atoms with Gasteiger partial charge in [-0.15, -0.1) is 0 Å². The van der Waals surface area contributed by atoms with E-state index in [4.69, 9.17) is 18.7 Å². The van der Waals surface area contributed by atoms with Crippen LogP contribution in [-0.2, 0) is 23.9 Å². The maximum atomic E-state index is 12.6. The smallest absolute Gasteiger partial charge is 0.325 e. The van der Waals surface area contributed by atoms with E-state index in [1.54, 1.807) is 33.0 Å². The molecule has 7 heteroatoms. The minimum absolute atomic E-state index is 0.167. The van der Waals surface area contributed by atoms with Crippen molar-refractivity contribution in [2.75, 3.05) is 26.9 Å². The number of carbonyl (C=O) groups is 2. The molecule has 1 unspecified atom stereocenters. The van der Waals surface area contributed by atoms with Gasteiger partial charge in [-0.1, -0.05) is 0 Å². The van der Waals surface area contributed by atoms with Crippen molar-refractivity contribution in [3.8, 4) is 0 Å². The average molecular weight is 311 g/mol. The van der Waals surface area contributed by atoms with E-state index in [0.717, 1.165) is 0 Å². The molecule has 0 aromatic carbocycles. The van der Waals surface area contributed by atoms with Gasteiger partial charge in [0.15, 0.2) is 5.41 Å². The van der Waals surface area contributed by atoms with Crippen LogP contribution in [0.4, 0.5) is 0 Å². The summed E-state index contributed by atoms with van der Waals surface area (Å²) in [5.41, 5.74) is -1.50. The minimum Gasteiger partial charge on any atom is -0.468 e. The number of furan rings is 1. The average Bonchev–Trinajstić information content (AvgIpc) is 3.00. The van der Waals surface area contributed by atoms with Crippen LogP contribution < -0.4 is 0 Å². The van der Waals surface area contributed by atoms with Crippen LogP contribution in [0.2, 0.25) is 0 Å². The molecule has 1 aliphatic rings. The van der Waals surface area contributed by atoms with Crippen LogP contribution in [0.15, 0.2) is 22.8 Å². The van der Waals surface area contributed by atoms with Gasteiger partial charge in [0.1, 0.15) is 11.8 Å². The zero-order chi connectivity index (χ0) is 16.2. The molecular weight excluding hydrogens is 290 g/mol. The molecular formula is C15H21NO6. The molecule has 0 aliphatic carbocycles. The number of ether oxygens (including phenoxy) is 2. The standard InChI is InChI=1S/C15H21NO6/c1-4-19-13(17)15(14(18)20-5-2)8-10-22-16(3)12(15)11-7-6-9-21-11/h6-7,9,12H,4-5,8,10H2,1-3H3. The highest BCUT2D eigenvalue weighted by Gasteiger charge is 2.60. The Morgan fingerprint density at radius 3 is 2.45 bits per heavy atom. The lowest BCUT2D eigenvalue weighted by molar-refractivity contribution is -0.250. The minimum atomic E-state index is -1.50. The first kappa shape index (κ1) is 16.5. The van der Waals surface area contributed by atoms with Crippen LogP contribution in [0, 0.1) is 5.41 Å². The van der Waals surface area contributed by atoms with Crippen LogP contribution in [0.3, 0.4) is 0 Å². The van der Waals surface area contributed by atoms with Gasteiger partial charge in [0.2, 0.25) is 0 Å². The highest BCUT2D eigenvalue weighted by Crippen LogP contribution is 2.46. The Kier molecular flexibility index (Phi) is 5.20. The molecule has 0 amide bonds. The van der Waals surface area contributed by atoms with Crippen molar-refractivity contribution >= 4 is 11.9 Å². The Balaban J connectivity index is 2.51. The van der Waals surface area contributed by atoms with Gasteiger partial charge >= 0.3 is 11.9 Å². The van der Waals surface area contributed by atoms with Crippen LogP contribution in [-0.4, -0.2) is 43.9 Å². The Labute approximate surface area is 129 Å². The molecule has 1 aromatic heterocycles. The topological polar surface area (TPSA) is 78.2 Å². The number of hydrogen-bond donors (Lipinski definition) is 0. The second-order valence-corrected chi connectivity index (χ2v) is 4.96. The molecule has 2 heterocycles. The first-order valence-corrected chi connectivity index (χ1v) is 7.31. The maximum absolute atomic E-state index is 12.6. The van der Waals surface area contributed by atoms with E-state index in [9.17, 15) is 9.59 Å². The van der Waals surface area contributed by atoms with Gasteiger partial charge in [-0.05, 0) is 26.0 Å². The second-order valence-electron chi connectivity index (χ2n) is 4.96. The molecule has 0 saturated carbocycles. The Bertz CT molecular complexity index is 494. The zero-order valence-electron chi connectivity index (χ0n) is 13.0. The summed E-state index contributed by atoms with van der Waals surface area (Å²) in [5.74, 6) is -0.793. The Morgan fingerprint density at radius 2 is 1.95 bits per heavy atom. The number of esters is 2. The summed E-state index contributed by atoms with van der Waals surface area (Å²) in [6.07, 6.45) is 1.65. The van der Waals surface area contributed by atoms with E-state index in [1.807, 2.05) is 0 Å². The summed E-state index contributed by atoms with van der Waals surface area (Å²) >= 11 is 0. The van der Waals surface area contributed by atoms with E-state index < -0.39 is 23.4 Å². The molecule has 0 N–H and O–H groups in total. The van der Waals surface area contributed by atoms with Crippen molar-refractivity contribution in [1.29, 1.82) is 0 Å². The van der Waals surface area contributed by atoms with Crippen LogP contribution >= 0.6 is 0 Å². The van der Waals surface area contributed by atoms with Crippen molar-refractivity contribution in [2.45, 2.75) is 26.3 Å². The van der Waals surface area contributed by atoms with Gasteiger partial charge in [0, 0.05) is 13.5 Å².